The summed E-state index contributed by atoms with van der Waals surface area (Å²) in [5.41, 5.74) is 1.35. The molecule has 3 aromatic heterocycles. The topological polar surface area (TPSA) is 88.6 Å². The smallest absolute Gasteiger partial charge is 0.245 e. The number of hydrogen-bond donors (Lipinski definition) is 0. The van der Waals surface area contributed by atoms with Gasteiger partial charge in [-0.05, 0) is 18.6 Å². The molecule has 0 spiro atoms. The maximum Gasteiger partial charge on any atom is 0.245 e. The molecule has 0 N–H and O–H groups in total. The van der Waals surface area contributed by atoms with E-state index in [1.165, 1.54) is 6.33 Å². The molecule has 9 nitrogen and oxygen atoms in total. The van der Waals surface area contributed by atoms with Crippen LogP contribution in [-0.2, 0) is 4.79 Å². The summed E-state index contributed by atoms with van der Waals surface area (Å²) in [5.74, 6) is 1.09. The molecule has 138 valence electrons. The summed E-state index contributed by atoms with van der Waals surface area (Å²) < 4.78 is 3.60. The third-order valence-corrected chi connectivity index (χ3v) is 5.42. The Morgan fingerprint density at radius 3 is 2.85 bits per heavy atom. The fourth-order valence-electron chi connectivity index (χ4n) is 4.00. The van der Waals surface area contributed by atoms with E-state index in [2.05, 4.69) is 20.0 Å². The highest BCUT2D eigenvalue weighted by atomic mass is 16.2. The van der Waals surface area contributed by atoms with Crippen LogP contribution < -0.4 is 4.90 Å². The maximum absolute atomic E-state index is 13.1. The summed E-state index contributed by atoms with van der Waals surface area (Å²) in [6.45, 7) is 2.67. The number of carbonyl (C=O) groups is 2. The van der Waals surface area contributed by atoms with Gasteiger partial charge in [0.15, 0.2) is 17.2 Å². The second-order valence-electron chi connectivity index (χ2n) is 6.89. The minimum Gasteiger partial charge on any atom is -0.352 e. The minimum atomic E-state index is -0.278. The van der Waals surface area contributed by atoms with Gasteiger partial charge in [-0.1, -0.05) is 0 Å². The normalized spacial score (nSPS) is 20.1. The van der Waals surface area contributed by atoms with Gasteiger partial charge in [0.05, 0.1) is 18.1 Å². The van der Waals surface area contributed by atoms with Gasteiger partial charge in [0.2, 0.25) is 5.91 Å². The summed E-state index contributed by atoms with van der Waals surface area (Å²) in [5, 5.41) is 4.26. The Hall–Kier alpha value is -3.23. The molecule has 5 heterocycles. The molecule has 2 aliphatic rings. The lowest BCUT2D eigenvalue weighted by Crippen LogP contribution is -2.51. The van der Waals surface area contributed by atoms with E-state index in [1.54, 1.807) is 23.0 Å². The van der Waals surface area contributed by atoms with E-state index in [-0.39, 0.29) is 17.7 Å². The zero-order chi connectivity index (χ0) is 18.4. The number of hydrogen-bond acceptors (Lipinski definition) is 6. The Kier molecular flexibility index (Phi) is 3.66. The van der Waals surface area contributed by atoms with Crippen molar-refractivity contribution in [2.45, 2.75) is 18.9 Å². The van der Waals surface area contributed by atoms with Gasteiger partial charge < -0.3 is 14.4 Å². The van der Waals surface area contributed by atoms with E-state index in [1.807, 2.05) is 21.7 Å². The molecule has 1 fully saturated rings. The fraction of sp³-hybridized carbons (Fsp3) is 0.389. The molecule has 3 aromatic rings. The summed E-state index contributed by atoms with van der Waals surface area (Å²) in [7, 11) is 0. The number of Topliss-reactive ketones (excluding diaryl/α,β-unsaturated/α-hetero) is 1. The zero-order valence-electron chi connectivity index (χ0n) is 14.7. The van der Waals surface area contributed by atoms with Crippen molar-refractivity contribution in [3.63, 3.8) is 0 Å². The van der Waals surface area contributed by atoms with Crippen molar-refractivity contribution in [1.82, 2.24) is 29.0 Å². The molecule has 1 saturated heterocycles. The van der Waals surface area contributed by atoms with Crippen LogP contribution in [-0.4, -0.2) is 66.9 Å². The lowest BCUT2D eigenvalue weighted by molar-refractivity contribution is -0.135. The number of aromatic nitrogens is 5. The molecule has 2 aliphatic heterocycles. The highest BCUT2D eigenvalue weighted by Crippen LogP contribution is 2.27. The van der Waals surface area contributed by atoms with Crippen LogP contribution in [0.5, 0.6) is 0 Å². The summed E-state index contributed by atoms with van der Waals surface area (Å²) >= 11 is 0. The molecule has 9 heteroatoms. The number of rotatable bonds is 2. The summed E-state index contributed by atoms with van der Waals surface area (Å²) in [4.78, 5) is 37.5. The van der Waals surface area contributed by atoms with Crippen molar-refractivity contribution < 1.29 is 9.59 Å². The molecule has 0 radical (unpaired) electrons. The molecule has 1 atom stereocenters. The van der Waals surface area contributed by atoms with Gasteiger partial charge in [-0.3, -0.25) is 14.6 Å². The van der Waals surface area contributed by atoms with Gasteiger partial charge in [0, 0.05) is 38.8 Å². The molecule has 0 bridgehead atoms. The van der Waals surface area contributed by atoms with Gasteiger partial charge in [-0.15, -0.1) is 0 Å². The lowest BCUT2D eigenvalue weighted by Gasteiger charge is -2.38. The molecular formula is C18H19N7O2. The van der Waals surface area contributed by atoms with Crippen LogP contribution in [0.4, 0.5) is 5.82 Å². The van der Waals surface area contributed by atoms with Crippen molar-refractivity contribution in [3.05, 3.63) is 42.7 Å². The summed E-state index contributed by atoms with van der Waals surface area (Å²) in [6.07, 6.45) is 7.80. The first-order valence-corrected chi connectivity index (χ1v) is 9.10. The molecule has 1 amide bonds. The average Bonchev–Trinajstić information content (AvgIpc) is 3.37. The molecule has 27 heavy (non-hydrogen) atoms. The molecule has 0 saturated carbocycles. The average molecular weight is 365 g/mol. The van der Waals surface area contributed by atoms with E-state index < -0.39 is 0 Å². The summed E-state index contributed by atoms with van der Waals surface area (Å²) in [6, 6.07) is 3.35. The predicted octanol–water partition coefficient (Wildman–Crippen LogP) is 0.792. The van der Waals surface area contributed by atoms with Crippen molar-refractivity contribution in [1.29, 1.82) is 0 Å². The Morgan fingerprint density at radius 1 is 1.15 bits per heavy atom. The van der Waals surface area contributed by atoms with Crippen LogP contribution in [0.15, 0.2) is 37.1 Å². The number of fused-ring (bicyclic) bond motifs is 2. The highest BCUT2D eigenvalue weighted by molar-refractivity contribution is 5.97. The van der Waals surface area contributed by atoms with Crippen molar-refractivity contribution in [2.75, 3.05) is 31.1 Å². The van der Waals surface area contributed by atoms with Crippen molar-refractivity contribution >= 4 is 23.2 Å². The number of carbonyl (C=O) groups excluding carboxylic acids is 2. The third kappa shape index (κ3) is 2.57. The van der Waals surface area contributed by atoms with Gasteiger partial charge in [0.25, 0.3) is 0 Å². The SMILES string of the molecule is O=C1CCC(C(=O)N2CCN(c3cncc4ncnn34)CC2)n2cccc21. The second-order valence-corrected chi connectivity index (χ2v) is 6.89. The highest BCUT2D eigenvalue weighted by Gasteiger charge is 2.33. The Balaban J connectivity index is 1.31. The van der Waals surface area contributed by atoms with E-state index in [0.29, 0.717) is 50.4 Å². The monoisotopic (exact) mass is 365 g/mol. The van der Waals surface area contributed by atoms with Gasteiger partial charge in [0.1, 0.15) is 12.4 Å². The van der Waals surface area contributed by atoms with Crippen LogP contribution in [0, 0.1) is 0 Å². The molecule has 1 unspecified atom stereocenters. The van der Waals surface area contributed by atoms with Gasteiger partial charge in [-0.25, -0.2) is 4.98 Å². The van der Waals surface area contributed by atoms with Crippen LogP contribution in [0.1, 0.15) is 29.4 Å². The number of piperazine rings is 1. The first-order valence-electron chi connectivity index (χ1n) is 9.10. The van der Waals surface area contributed by atoms with E-state index >= 15 is 0 Å². The van der Waals surface area contributed by atoms with Crippen LogP contribution in [0.3, 0.4) is 0 Å². The predicted molar refractivity (Wildman–Crippen MR) is 96.6 cm³/mol. The van der Waals surface area contributed by atoms with Crippen LogP contribution in [0.2, 0.25) is 0 Å². The number of amides is 1. The quantitative estimate of drug-likeness (QED) is 0.667. The van der Waals surface area contributed by atoms with E-state index in [0.717, 1.165) is 5.82 Å². The Morgan fingerprint density at radius 2 is 2.00 bits per heavy atom. The molecule has 5 rings (SSSR count). The van der Waals surface area contributed by atoms with Crippen LogP contribution >= 0.6 is 0 Å². The van der Waals surface area contributed by atoms with E-state index in [4.69, 9.17) is 0 Å². The molecule has 0 aliphatic carbocycles. The number of anilines is 1. The first-order chi connectivity index (χ1) is 13.2. The van der Waals surface area contributed by atoms with E-state index in [9.17, 15) is 9.59 Å². The fourth-order valence-corrected chi connectivity index (χ4v) is 4.00. The lowest BCUT2D eigenvalue weighted by atomic mass is 10.0. The number of nitrogens with zero attached hydrogens (tertiary/aromatic N) is 7. The minimum absolute atomic E-state index is 0.0942. The molecule has 0 aromatic carbocycles. The van der Waals surface area contributed by atoms with Gasteiger partial charge in [-0.2, -0.15) is 9.61 Å². The molecular weight excluding hydrogens is 346 g/mol. The van der Waals surface area contributed by atoms with Crippen LogP contribution in [0.25, 0.3) is 5.65 Å². The zero-order valence-corrected chi connectivity index (χ0v) is 14.7. The van der Waals surface area contributed by atoms with Crippen molar-refractivity contribution in [3.8, 4) is 0 Å². The third-order valence-electron chi connectivity index (χ3n) is 5.42. The largest absolute Gasteiger partial charge is 0.352 e. The van der Waals surface area contributed by atoms with Crippen molar-refractivity contribution in [2.24, 2.45) is 0 Å². The first kappa shape index (κ1) is 16.0. The maximum atomic E-state index is 13.1. The Labute approximate surface area is 155 Å². The Bertz CT molecular complexity index is 1020. The number of ketones is 1. The van der Waals surface area contributed by atoms with Gasteiger partial charge >= 0.3 is 0 Å². The second kappa shape index (κ2) is 6.19. The standard InChI is InChI=1S/C18H19N7O2/c26-15-4-3-14(24-5-1-2-13(15)24)18(27)23-8-6-22(7-9-23)17-11-19-10-16-20-12-21-25(16)17/h1-2,5,10-12,14H,3-4,6-9H2.